The minimum Gasteiger partial charge on any atom is -0.504 e. The Labute approximate surface area is 94.2 Å². The van der Waals surface area contributed by atoms with Crippen molar-refractivity contribution in [2.75, 3.05) is 0 Å². The molecule has 1 aromatic carbocycles. The van der Waals surface area contributed by atoms with Gasteiger partial charge in [0.25, 0.3) is 0 Å². The standard InChI is InChI=1S/C12H16O4/c1-3-12(2,11(15)16)7-8-4-5-9(13)10(14)6-8/h4-6,13-14H,3,7H2,1-2H3,(H,15,16). The normalized spacial score (nSPS) is 14.4. The molecule has 0 saturated heterocycles. The summed E-state index contributed by atoms with van der Waals surface area (Å²) >= 11 is 0. The van der Waals surface area contributed by atoms with E-state index in [1.165, 1.54) is 12.1 Å². The molecule has 0 spiro atoms. The highest BCUT2D eigenvalue weighted by Crippen LogP contribution is 2.31. The molecule has 0 radical (unpaired) electrons. The van der Waals surface area contributed by atoms with Gasteiger partial charge in [0.2, 0.25) is 0 Å². The molecule has 1 atom stereocenters. The lowest BCUT2D eigenvalue weighted by Gasteiger charge is -2.23. The Balaban J connectivity index is 2.95. The van der Waals surface area contributed by atoms with Gasteiger partial charge in [0, 0.05) is 0 Å². The first-order chi connectivity index (χ1) is 7.39. The van der Waals surface area contributed by atoms with E-state index in [2.05, 4.69) is 0 Å². The molecule has 0 aromatic heterocycles. The van der Waals surface area contributed by atoms with Crippen molar-refractivity contribution in [1.82, 2.24) is 0 Å². The summed E-state index contributed by atoms with van der Waals surface area (Å²) in [6.07, 6.45) is 0.830. The zero-order chi connectivity index (χ0) is 12.3. The minimum absolute atomic E-state index is 0.197. The number of carbonyl (C=O) groups is 1. The first-order valence-electron chi connectivity index (χ1n) is 5.13. The Kier molecular flexibility index (Phi) is 3.42. The molecule has 0 heterocycles. The highest BCUT2D eigenvalue weighted by molar-refractivity contribution is 5.74. The topological polar surface area (TPSA) is 77.8 Å². The first kappa shape index (κ1) is 12.4. The monoisotopic (exact) mass is 224 g/mol. The fourth-order valence-electron chi connectivity index (χ4n) is 1.48. The molecule has 1 aromatic rings. The maximum Gasteiger partial charge on any atom is 0.309 e. The molecule has 1 unspecified atom stereocenters. The van der Waals surface area contributed by atoms with Gasteiger partial charge >= 0.3 is 5.97 Å². The molecule has 0 bridgehead atoms. The van der Waals surface area contributed by atoms with E-state index in [9.17, 15) is 9.90 Å². The Hall–Kier alpha value is -1.71. The average Bonchev–Trinajstić information content (AvgIpc) is 2.23. The Morgan fingerprint density at radius 3 is 2.38 bits per heavy atom. The molecular formula is C12H16O4. The van der Waals surface area contributed by atoms with Gasteiger partial charge in [-0.05, 0) is 37.5 Å². The van der Waals surface area contributed by atoms with Crippen molar-refractivity contribution in [3.05, 3.63) is 23.8 Å². The van der Waals surface area contributed by atoms with Gasteiger partial charge in [0.05, 0.1) is 5.41 Å². The quantitative estimate of drug-likeness (QED) is 0.685. The van der Waals surface area contributed by atoms with Gasteiger partial charge in [-0.25, -0.2) is 0 Å². The van der Waals surface area contributed by atoms with Crippen LogP contribution in [0.5, 0.6) is 11.5 Å². The molecule has 88 valence electrons. The number of phenols is 2. The van der Waals surface area contributed by atoms with Crippen LogP contribution in [0.1, 0.15) is 25.8 Å². The number of hydrogen-bond donors (Lipinski definition) is 3. The van der Waals surface area contributed by atoms with E-state index in [1.54, 1.807) is 13.0 Å². The van der Waals surface area contributed by atoms with Crippen LogP contribution in [0.3, 0.4) is 0 Å². The number of rotatable bonds is 4. The third kappa shape index (κ3) is 2.45. The molecule has 0 aliphatic carbocycles. The van der Waals surface area contributed by atoms with Crippen LogP contribution in [0.25, 0.3) is 0 Å². The van der Waals surface area contributed by atoms with E-state index in [0.29, 0.717) is 18.4 Å². The second kappa shape index (κ2) is 4.43. The maximum atomic E-state index is 11.1. The fourth-order valence-corrected chi connectivity index (χ4v) is 1.48. The second-order valence-electron chi connectivity index (χ2n) is 4.22. The molecule has 4 heteroatoms. The van der Waals surface area contributed by atoms with Gasteiger partial charge in [0.1, 0.15) is 0 Å². The van der Waals surface area contributed by atoms with Gasteiger partial charge in [-0.15, -0.1) is 0 Å². The number of benzene rings is 1. The molecule has 1 rings (SSSR count). The summed E-state index contributed by atoms with van der Waals surface area (Å²) in [4.78, 5) is 11.1. The van der Waals surface area contributed by atoms with E-state index < -0.39 is 11.4 Å². The number of phenolic OH excluding ortho intramolecular Hbond substituents is 2. The molecule has 0 amide bonds. The van der Waals surface area contributed by atoms with Crippen LogP contribution in [0.4, 0.5) is 0 Å². The molecule has 16 heavy (non-hydrogen) atoms. The summed E-state index contributed by atoms with van der Waals surface area (Å²) in [5.74, 6) is -1.28. The lowest BCUT2D eigenvalue weighted by atomic mass is 9.81. The maximum absolute atomic E-state index is 11.1. The lowest BCUT2D eigenvalue weighted by molar-refractivity contribution is -0.148. The number of aromatic hydroxyl groups is 2. The Bertz CT molecular complexity index is 400. The van der Waals surface area contributed by atoms with Crippen molar-refractivity contribution in [3.63, 3.8) is 0 Å². The largest absolute Gasteiger partial charge is 0.504 e. The van der Waals surface area contributed by atoms with Crippen LogP contribution in [0, 0.1) is 5.41 Å². The van der Waals surface area contributed by atoms with E-state index >= 15 is 0 Å². The molecule has 4 nitrogen and oxygen atoms in total. The van der Waals surface area contributed by atoms with Crippen molar-refractivity contribution in [1.29, 1.82) is 0 Å². The second-order valence-corrected chi connectivity index (χ2v) is 4.22. The van der Waals surface area contributed by atoms with Gasteiger partial charge in [-0.3, -0.25) is 4.79 Å². The molecular weight excluding hydrogens is 208 g/mol. The number of carboxylic acids is 1. The molecule has 0 aliphatic heterocycles. The predicted octanol–water partition coefficient (Wildman–Crippen LogP) is 2.14. The van der Waals surface area contributed by atoms with Crippen LogP contribution < -0.4 is 0 Å². The molecule has 0 aliphatic rings. The lowest BCUT2D eigenvalue weighted by Crippen LogP contribution is -2.29. The Morgan fingerprint density at radius 2 is 1.94 bits per heavy atom. The predicted molar refractivity (Wildman–Crippen MR) is 59.5 cm³/mol. The van der Waals surface area contributed by atoms with Crippen LogP contribution in [0.15, 0.2) is 18.2 Å². The zero-order valence-corrected chi connectivity index (χ0v) is 9.40. The van der Waals surface area contributed by atoms with Crippen molar-refractivity contribution in [2.24, 2.45) is 5.41 Å². The third-order valence-electron chi connectivity index (χ3n) is 2.93. The highest BCUT2D eigenvalue weighted by atomic mass is 16.4. The van der Waals surface area contributed by atoms with Crippen LogP contribution in [-0.4, -0.2) is 21.3 Å². The van der Waals surface area contributed by atoms with Crippen molar-refractivity contribution < 1.29 is 20.1 Å². The fraction of sp³-hybridized carbons (Fsp3) is 0.417. The number of hydrogen-bond acceptors (Lipinski definition) is 3. The van der Waals surface area contributed by atoms with Crippen LogP contribution in [-0.2, 0) is 11.2 Å². The average molecular weight is 224 g/mol. The van der Waals surface area contributed by atoms with Crippen molar-refractivity contribution in [2.45, 2.75) is 26.7 Å². The van der Waals surface area contributed by atoms with Crippen LogP contribution >= 0.6 is 0 Å². The van der Waals surface area contributed by atoms with E-state index in [0.717, 1.165) is 0 Å². The summed E-state index contributed by atoms with van der Waals surface area (Å²) in [5, 5.41) is 27.6. The van der Waals surface area contributed by atoms with Gasteiger partial charge in [0.15, 0.2) is 11.5 Å². The molecule has 0 saturated carbocycles. The summed E-state index contributed by atoms with van der Waals surface area (Å²) in [6, 6.07) is 4.38. The van der Waals surface area contributed by atoms with Crippen molar-refractivity contribution >= 4 is 5.97 Å². The van der Waals surface area contributed by atoms with Gasteiger partial charge in [-0.1, -0.05) is 13.0 Å². The summed E-state index contributed by atoms with van der Waals surface area (Å²) in [6.45, 7) is 3.48. The SMILES string of the molecule is CCC(C)(Cc1ccc(O)c(O)c1)C(=O)O. The molecule has 0 fully saturated rings. The van der Waals surface area contributed by atoms with Crippen molar-refractivity contribution in [3.8, 4) is 11.5 Å². The van der Waals surface area contributed by atoms with Crippen LogP contribution in [0.2, 0.25) is 0 Å². The van der Waals surface area contributed by atoms with E-state index in [1.807, 2.05) is 6.92 Å². The minimum atomic E-state index is -0.859. The number of carboxylic acid groups (broad SMARTS) is 1. The van der Waals surface area contributed by atoms with Gasteiger partial charge in [-0.2, -0.15) is 0 Å². The summed E-state index contributed by atoms with van der Waals surface area (Å²) in [7, 11) is 0. The zero-order valence-electron chi connectivity index (χ0n) is 9.40. The Morgan fingerprint density at radius 1 is 1.31 bits per heavy atom. The first-order valence-corrected chi connectivity index (χ1v) is 5.13. The van der Waals surface area contributed by atoms with Gasteiger partial charge < -0.3 is 15.3 Å². The highest BCUT2D eigenvalue weighted by Gasteiger charge is 2.31. The third-order valence-corrected chi connectivity index (χ3v) is 2.93. The number of aliphatic carboxylic acids is 1. The smallest absolute Gasteiger partial charge is 0.309 e. The molecule has 3 N–H and O–H groups in total. The van der Waals surface area contributed by atoms with E-state index in [4.69, 9.17) is 10.2 Å². The summed E-state index contributed by atoms with van der Waals surface area (Å²) < 4.78 is 0. The van der Waals surface area contributed by atoms with E-state index in [-0.39, 0.29) is 11.5 Å². The summed E-state index contributed by atoms with van der Waals surface area (Å²) in [5.41, 5.74) is -0.147.